The van der Waals surface area contributed by atoms with Gasteiger partial charge in [0.25, 0.3) is 0 Å². The van der Waals surface area contributed by atoms with Gasteiger partial charge in [-0.2, -0.15) is 0 Å². The summed E-state index contributed by atoms with van der Waals surface area (Å²) < 4.78 is 0. The molecule has 0 amide bonds. The Labute approximate surface area is 142 Å². The van der Waals surface area contributed by atoms with E-state index in [0.717, 1.165) is 10.9 Å². The molecule has 0 bridgehead atoms. The van der Waals surface area contributed by atoms with Crippen molar-refractivity contribution in [1.82, 2.24) is 4.90 Å². The smallest absolute Gasteiger partial charge is 0.173 e. The highest BCUT2D eigenvalue weighted by Gasteiger charge is 2.31. The second-order valence-electron chi connectivity index (χ2n) is 5.04. The molecule has 2 aromatic rings. The van der Waals surface area contributed by atoms with Gasteiger partial charge in [-0.25, -0.2) is 4.99 Å². The lowest BCUT2D eigenvalue weighted by Gasteiger charge is -2.31. The molecule has 0 saturated carbocycles. The number of amidine groups is 1. The van der Waals surface area contributed by atoms with E-state index in [1.807, 2.05) is 0 Å². The van der Waals surface area contributed by atoms with Gasteiger partial charge >= 0.3 is 0 Å². The zero-order chi connectivity index (χ0) is 14.9. The lowest BCUT2D eigenvalue weighted by Crippen LogP contribution is -2.29. The Morgan fingerprint density at radius 1 is 1.14 bits per heavy atom. The molecule has 110 valence electrons. The van der Waals surface area contributed by atoms with E-state index >= 15 is 0 Å². The quantitative estimate of drug-likeness (QED) is 0.708. The maximum Gasteiger partial charge on any atom is 0.173 e. The molecular weight excluding hydrogens is 328 g/mol. The molecule has 0 N–H and O–H groups in total. The Kier molecular flexibility index (Phi) is 3.78. The highest BCUT2D eigenvalue weighted by atomic mass is 32.2. The van der Waals surface area contributed by atoms with Crippen molar-refractivity contribution in [2.45, 2.75) is 13.0 Å². The Morgan fingerprint density at radius 2 is 2.00 bits per heavy atom. The van der Waals surface area contributed by atoms with Crippen LogP contribution in [0.4, 0.5) is 0 Å². The van der Waals surface area contributed by atoms with Crippen LogP contribution in [0.1, 0.15) is 22.7 Å². The molecule has 0 fully saturated rings. The van der Waals surface area contributed by atoms with Crippen LogP contribution in [0.15, 0.2) is 69.0 Å². The summed E-state index contributed by atoms with van der Waals surface area (Å²) in [5.74, 6) is 0. The molecule has 2 aromatic heterocycles. The van der Waals surface area contributed by atoms with Crippen LogP contribution in [-0.2, 0) is 0 Å². The average Bonchev–Trinajstić information content (AvgIpc) is 3.27. The predicted molar refractivity (Wildman–Crippen MR) is 99.1 cm³/mol. The molecule has 5 heteroatoms. The van der Waals surface area contributed by atoms with Crippen molar-refractivity contribution in [2.75, 3.05) is 0 Å². The van der Waals surface area contributed by atoms with E-state index < -0.39 is 0 Å². The van der Waals surface area contributed by atoms with Gasteiger partial charge in [-0.05, 0) is 53.5 Å². The molecule has 2 aliphatic heterocycles. The Bertz CT molecular complexity index is 780. The number of aliphatic imine (C=N–C) groups is 1. The van der Waals surface area contributed by atoms with E-state index in [1.165, 1.54) is 15.5 Å². The molecule has 1 atom stereocenters. The van der Waals surface area contributed by atoms with Crippen molar-refractivity contribution >= 4 is 45.7 Å². The summed E-state index contributed by atoms with van der Waals surface area (Å²) in [4.78, 5) is 9.72. The third-order valence-corrected chi connectivity index (χ3v) is 6.29. The summed E-state index contributed by atoms with van der Waals surface area (Å²) in [6.07, 6.45) is 6.51. The van der Waals surface area contributed by atoms with E-state index in [9.17, 15) is 0 Å². The molecule has 2 nitrogen and oxygen atoms in total. The minimum atomic E-state index is 0.252. The number of hydrogen-bond acceptors (Lipinski definition) is 5. The number of thioether (sulfide) groups is 1. The van der Waals surface area contributed by atoms with E-state index in [1.54, 1.807) is 34.4 Å². The fraction of sp³-hybridized carbons (Fsp3) is 0.118. The standard InChI is InChI=1S/C17H14N2S3/c1-12-11-22-17-18-13(6-7-14-4-2-8-20-14)10-15(19(12)17)16-5-3-9-21-16/h2-11,15H,1H3/b7-6+. The first-order chi connectivity index (χ1) is 10.8. The van der Waals surface area contributed by atoms with Crippen LogP contribution in [-0.4, -0.2) is 10.1 Å². The van der Waals surface area contributed by atoms with E-state index in [0.29, 0.717) is 0 Å². The number of nitrogens with zero attached hydrogens (tertiary/aromatic N) is 2. The fourth-order valence-corrected chi connectivity index (χ4v) is 4.84. The maximum atomic E-state index is 4.79. The number of allylic oxidation sites excluding steroid dienone is 2. The van der Waals surface area contributed by atoms with Crippen LogP contribution in [0.2, 0.25) is 0 Å². The number of hydrogen-bond donors (Lipinski definition) is 0. The fourth-order valence-electron chi connectivity index (χ4n) is 2.52. The molecule has 4 heterocycles. The second-order valence-corrected chi connectivity index (χ2v) is 7.84. The number of fused-ring (bicyclic) bond motifs is 1. The molecule has 2 aliphatic rings. The normalized spacial score (nSPS) is 20.9. The topological polar surface area (TPSA) is 15.6 Å². The molecule has 0 aromatic carbocycles. The van der Waals surface area contributed by atoms with Crippen LogP contribution in [0.25, 0.3) is 6.08 Å². The minimum Gasteiger partial charge on any atom is -0.312 e. The van der Waals surface area contributed by atoms with Crippen molar-refractivity contribution in [3.8, 4) is 0 Å². The van der Waals surface area contributed by atoms with Crippen LogP contribution in [0, 0.1) is 0 Å². The van der Waals surface area contributed by atoms with Crippen molar-refractivity contribution in [2.24, 2.45) is 4.99 Å². The van der Waals surface area contributed by atoms with Gasteiger partial charge in [0.1, 0.15) is 0 Å². The van der Waals surface area contributed by atoms with Gasteiger partial charge < -0.3 is 4.90 Å². The summed E-state index contributed by atoms with van der Waals surface area (Å²) in [5.41, 5.74) is 2.30. The van der Waals surface area contributed by atoms with Crippen LogP contribution in [0.3, 0.4) is 0 Å². The molecule has 0 aliphatic carbocycles. The van der Waals surface area contributed by atoms with Gasteiger partial charge in [0.2, 0.25) is 0 Å². The van der Waals surface area contributed by atoms with Crippen molar-refractivity contribution in [1.29, 1.82) is 0 Å². The average molecular weight is 343 g/mol. The Hall–Kier alpha value is -1.56. The molecule has 22 heavy (non-hydrogen) atoms. The van der Waals surface area contributed by atoms with Crippen LogP contribution < -0.4 is 0 Å². The largest absolute Gasteiger partial charge is 0.312 e. The highest BCUT2D eigenvalue weighted by molar-refractivity contribution is 8.16. The first kappa shape index (κ1) is 14.1. The second kappa shape index (κ2) is 5.91. The Balaban J connectivity index is 1.69. The van der Waals surface area contributed by atoms with Crippen molar-refractivity contribution in [3.05, 3.63) is 73.7 Å². The van der Waals surface area contributed by atoms with Crippen LogP contribution in [0.5, 0.6) is 0 Å². The molecule has 0 saturated heterocycles. The summed E-state index contributed by atoms with van der Waals surface area (Å²) in [6.45, 7) is 2.15. The summed E-state index contributed by atoms with van der Waals surface area (Å²) in [5, 5.41) is 7.48. The SMILES string of the molecule is CC1=CSC2=NC(/C=C/c3cccs3)=CC(c3cccs3)N12. The first-order valence-corrected chi connectivity index (χ1v) is 9.63. The first-order valence-electron chi connectivity index (χ1n) is 6.99. The number of rotatable bonds is 3. The van der Waals surface area contributed by atoms with Gasteiger partial charge in [-0.1, -0.05) is 23.9 Å². The van der Waals surface area contributed by atoms with Gasteiger partial charge in [-0.15, -0.1) is 22.7 Å². The third-order valence-electron chi connectivity index (χ3n) is 3.55. The summed E-state index contributed by atoms with van der Waals surface area (Å²) in [6, 6.07) is 8.76. The zero-order valence-corrected chi connectivity index (χ0v) is 14.4. The summed E-state index contributed by atoms with van der Waals surface area (Å²) in [7, 11) is 0. The van der Waals surface area contributed by atoms with Gasteiger partial charge in [0.15, 0.2) is 5.17 Å². The molecule has 4 rings (SSSR count). The van der Waals surface area contributed by atoms with E-state index in [2.05, 4.69) is 70.5 Å². The minimum absolute atomic E-state index is 0.252. The van der Waals surface area contributed by atoms with Crippen molar-refractivity contribution in [3.63, 3.8) is 0 Å². The molecule has 1 unspecified atom stereocenters. The monoisotopic (exact) mass is 342 g/mol. The van der Waals surface area contributed by atoms with E-state index in [-0.39, 0.29) is 6.04 Å². The zero-order valence-electron chi connectivity index (χ0n) is 12.0. The maximum absolute atomic E-state index is 4.79. The highest BCUT2D eigenvalue weighted by Crippen LogP contribution is 2.40. The van der Waals surface area contributed by atoms with Gasteiger partial charge in [0.05, 0.1) is 11.7 Å². The lowest BCUT2D eigenvalue weighted by molar-refractivity contribution is 0.457. The van der Waals surface area contributed by atoms with Gasteiger partial charge in [-0.3, -0.25) is 0 Å². The molecule has 0 spiro atoms. The van der Waals surface area contributed by atoms with Gasteiger partial charge in [0, 0.05) is 15.5 Å². The van der Waals surface area contributed by atoms with E-state index in [4.69, 9.17) is 4.99 Å². The molecule has 0 radical (unpaired) electrons. The predicted octanol–water partition coefficient (Wildman–Crippen LogP) is 5.73. The summed E-state index contributed by atoms with van der Waals surface area (Å²) >= 11 is 5.25. The van der Waals surface area contributed by atoms with Crippen LogP contribution >= 0.6 is 34.4 Å². The Morgan fingerprint density at radius 3 is 2.77 bits per heavy atom. The molecular formula is C17H14N2S3. The number of thiophene rings is 2. The third kappa shape index (κ3) is 2.60. The van der Waals surface area contributed by atoms with Crippen molar-refractivity contribution < 1.29 is 0 Å². The lowest BCUT2D eigenvalue weighted by atomic mass is 10.1.